The average Bonchev–Trinajstić information content (AvgIpc) is 2.74. The van der Waals surface area contributed by atoms with E-state index < -0.39 is 5.97 Å². The Morgan fingerprint density at radius 1 is 0.964 bits per heavy atom. The van der Waals surface area contributed by atoms with Gasteiger partial charge in [0.1, 0.15) is 5.75 Å². The first-order valence-electron chi connectivity index (χ1n) is 8.69. The summed E-state index contributed by atoms with van der Waals surface area (Å²) in [5.41, 5.74) is 2.43. The second-order valence-corrected chi connectivity index (χ2v) is 5.73. The van der Waals surface area contributed by atoms with Gasteiger partial charge in [-0.2, -0.15) is 0 Å². The minimum absolute atomic E-state index is 0.340. The normalized spacial score (nSPS) is 10.6. The number of ether oxygens (including phenoxy) is 2. The summed E-state index contributed by atoms with van der Waals surface area (Å²) in [5.74, 6) is -0.379. The molecule has 0 aliphatic rings. The summed E-state index contributed by atoms with van der Waals surface area (Å²) in [5, 5.41) is 0. The summed E-state index contributed by atoms with van der Waals surface area (Å²) in [6.45, 7) is 2.11. The largest absolute Gasteiger partial charge is 0.462 e. The van der Waals surface area contributed by atoms with Crippen LogP contribution in [0, 0.1) is 0 Å². The van der Waals surface area contributed by atoms with E-state index in [2.05, 4.69) is 9.98 Å². The number of pyridine rings is 1. The van der Waals surface area contributed by atoms with Crippen molar-refractivity contribution in [1.82, 2.24) is 4.98 Å². The predicted molar refractivity (Wildman–Crippen MR) is 105 cm³/mol. The Bertz CT molecular complexity index is 966. The smallest absolute Gasteiger partial charge is 0.345 e. The second-order valence-electron chi connectivity index (χ2n) is 5.73. The van der Waals surface area contributed by atoms with Gasteiger partial charge in [0.05, 0.1) is 23.4 Å². The number of carbonyl (C=O) groups excluding carboxylic acids is 2. The first-order chi connectivity index (χ1) is 13.7. The van der Waals surface area contributed by atoms with E-state index in [0.29, 0.717) is 29.2 Å². The van der Waals surface area contributed by atoms with Crippen molar-refractivity contribution in [2.75, 3.05) is 6.61 Å². The fourth-order valence-corrected chi connectivity index (χ4v) is 2.32. The van der Waals surface area contributed by atoms with Gasteiger partial charge in [0.2, 0.25) is 0 Å². The summed E-state index contributed by atoms with van der Waals surface area (Å²) < 4.78 is 10.3. The van der Waals surface area contributed by atoms with Crippen LogP contribution in [0.5, 0.6) is 5.75 Å². The van der Waals surface area contributed by atoms with Crippen LogP contribution in [0.25, 0.3) is 0 Å². The van der Waals surface area contributed by atoms with E-state index in [4.69, 9.17) is 9.47 Å². The van der Waals surface area contributed by atoms with Crippen LogP contribution in [0.1, 0.15) is 33.2 Å². The van der Waals surface area contributed by atoms with Gasteiger partial charge in [0, 0.05) is 18.6 Å². The number of carbonyl (C=O) groups is 2. The molecular formula is C22H18N2O4. The SMILES string of the molecule is CCOC(=O)c1ccc(N=Cc2ccc(OC(=O)c3cccnc3)cc2)cc1. The van der Waals surface area contributed by atoms with Crippen molar-refractivity contribution in [3.8, 4) is 5.75 Å². The minimum Gasteiger partial charge on any atom is -0.462 e. The molecule has 3 rings (SSSR count). The summed E-state index contributed by atoms with van der Waals surface area (Å²) >= 11 is 0. The van der Waals surface area contributed by atoms with Crippen molar-refractivity contribution in [3.05, 3.63) is 89.7 Å². The molecule has 0 atom stereocenters. The van der Waals surface area contributed by atoms with E-state index in [-0.39, 0.29) is 5.97 Å². The third-order valence-corrected chi connectivity index (χ3v) is 3.73. The van der Waals surface area contributed by atoms with Crippen LogP contribution in [-0.2, 0) is 4.74 Å². The minimum atomic E-state index is -0.462. The quantitative estimate of drug-likeness (QED) is 0.367. The predicted octanol–water partition coefficient (Wildman–Crippen LogP) is 4.23. The molecule has 0 N–H and O–H groups in total. The highest BCUT2D eigenvalue weighted by atomic mass is 16.5. The molecule has 0 unspecified atom stereocenters. The standard InChI is InChI=1S/C22H18N2O4/c1-2-27-21(25)17-7-9-19(10-8-17)24-14-16-5-11-20(12-6-16)28-22(26)18-4-3-13-23-15-18/h3-15H,2H2,1H3. The van der Waals surface area contributed by atoms with Crippen LogP contribution in [0.3, 0.4) is 0 Å². The molecule has 2 aromatic carbocycles. The molecule has 0 radical (unpaired) electrons. The molecule has 6 heteroatoms. The third kappa shape index (κ3) is 5.11. The van der Waals surface area contributed by atoms with Crippen LogP contribution >= 0.6 is 0 Å². The van der Waals surface area contributed by atoms with E-state index >= 15 is 0 Å². The lowest BCUT2D eigenvalue weighted by atomic mass is 10.2. The van der Waals surface area contributed by atoms with E-state index in [1.54, 1.807) is 80.0 Å². The number of aromatic nitrogens is 1. The Labute approximate surface area is 162 Å². The lowest BCUT2D eigenvalue weighted by molar-refractivity contribution is 0.0526. The Kier molecular flexibility index (Phi) is 6.25. The van der Waals surface area contributed by atoms with Gasteiger partial charge < -0.3 is 9.47 Å². The fourth-order valence-electron chi connectivity index (χ4n) is 2.32. The third-order valence-electron chi connectivity index (χ3n) is 3.73. The molecule has 1 aromatic heterocycles. The van der Waals surface area contributed by atoms with E-state index in [0.717, 1.165) is 5.56 Å². The maximum Gasteiger partial charge on any atom is 0.345 e. The number of benzene rings is 2. The Hall–Kier alpha value is -3.80. The molecule has 0 amide bonds. The zero-order valence-corrected chi connectivity index (χ0v) is 15.2. The lowest BCUT2D eigenvalue weighted by Gasteiger charge is -2.04. The lowest BCUT2D eigenvalue weighted by Crippen LogP contribution is -2.08. The molecule has 1 heterocycles. The summed E-state index contributed by atoms with van der Waals surface area (Å²) in [7, 11) is 0. The van der Waals surface area contributed by atoms with Crippen molar-refractivity contribution in [1.29, 1.82) is 0 Å². The molecule has 140 valence electrons. The maximum atomic E-state index is 12.0. The molecule has 0 saturated carbocycles. The van der Waals surface area contributed by atoms with Gasteiger partial charge >= 0.3 is 11.9 Å². The van der Waals surface area contributed by atoms with Crippen LogP contribution in [0.15, 0.2) is 78.0 Å². The Balaban J connectivity index is 1.61. The first-order valence-corrected chi connectivity index (χ1v) is 8.69. The van der Waals surface area contributed by atoms with Crippen molar-refractivity contribution in [2.24, 2.45) is 4.99 Å². The van der Waals surface area contributed by atoms with Crippen molar-refractivity contribution >= 4 is 23.8 Å². The number of aliphatic imine (C=N–C) groups is 1. The second kappa shape index (κ2) is 9.23. The average molecular weight is 374 g/mol. The summed E-state index contributed by atoms with van der Waals surface area (Å²) in [6, 6.07) is 17.1. The Morgan fingerprint density at radius 3 is 2.36 bits per heavy atom. The summed E-state index contributed by atoms with van der Waals surface area (Å²) in [6.07, 6.45) is 4.73. The van der Waals surface area contributed by atoms with Gasteiger partial charge in [-0.25, -0.2) is 9.59 Å². The van der Waals surface area contributed by atoms with Gasteiger partial charge in [-0.1, -0.05) is 0 Å². The Morgan fingerprint density at radius 2 is 1.71 bits per heavy atom. The molecule has 28 heavy (non-hydrogen) atoms. The van der Waals surface area contributed by atoms with Crippen LogP contribution in [0.4, 0.5) is 5.69 Å². The van der Waals surface area contributed by atoms with Crippen LogP contribution < -0.4 is 4.74 Å². The molecule has 0 aliphatic heterocycles. The van der Waals surface area contributed by atoms with Crippen LogP contribution in [-0.4, -0.2) is 29.7 Å². The highest BCUT2D eigenvalue weighted by Gasteiger charge is 2.08. The number of rotatable bonds is 6. The van der Waals surface area contributed by atoms with Gasteiger partial charge in [-0.05, 0) is 73.2 Å². The first kappa shape index (κ1) is 19.0. The highest BCUT2D eigenvalue weighted by molar-refractivity contribution is 5.91. The molecule has 0 bridgehead atoms. The van der Waals surface area contributed by atoms with E-state index in [9.17, 15) is 9.59 Å². The van der Waals surface area contributed by atoms with Gasteiger partial charge in [0.15, 0.2) is 0 Å². The van der Waals surface area contributed by atoms with Crippen molar-refractivity contribution < 1.29 is 19.1 Å². The van der Waals surface area contributed by atoms with Gasteiger partial charge in [-0.15, -0.1) is 0 Å². The highest BCUT2D eigenvalue weighted by Crippen LogP contribution is 2.16. The van der Waals surface area contributed by atoms with Gasteiger partial charge in [-0.3, -0.25) is 9.98 Å². The molecule has 0 spiro atoms. The molecule has 0 aliphatic carbocycles. The zero-order chi connectivity index (χ0) is 19.8. The monoisotopic (exact) mass is 374 g/mol. The molecule has 3 aromatic rings. The van der Waals surface area contributed by atoms with E-state index in [1.165, 1.54) is 6.20 Å². The fraction of sp³-hybridized carbons (Fsp3) is 0.0909. The molecule has 6 nitrogen and oxygen atoms in total. The molecular weight excluding hydrogens is 356 g/mol. The summed E-state index contributed by atoms with van der Waals surface area (Å²) in [4.78, 5) is 31.9. The maximum absolute atomic E-state index is 12.0. The number of hydrogen-bond acceptors (Lipinski definition) is 6. The zero-order valence-electron chi connectivity index (χ0n) is 15.2. The van der Waals surface area contributed by atoms with E-state index in [1.807, 2.05) is 0 Å². The number of nitrogens with zero attached hydrogens (tertiary/aromatic N) is 2. The number of hydrogen-bond donors (Lipinski definition) is 0. The van der Waals surface area contributed by atoms with Crippen LogP contribution in [0.2, 0.25) is 0 Å². The van der Waals surface area contributed by atoms with Gasteiger partial charge in [0.25, 0.3) is 0 Å². The topological polar surface area (TPSA) is 77.9 Å². The molecule has 0 saturated heterocycles. The van der Waals surface area contributed by atoms with Crippen molar-refractivity contribution in [2.45, 2.75) is 6.92 Å². The van der Waals surface area contributed by atoms with Crippen molar-refractivity contribution in [3.63, 3.8) is 0 Å². The number of esters is 2. The molecule has 0 fully saturated rings.